The summed E-state index contributed by atoms with van der Waals surface area (Å²) in [6, 6.07) is 6.30. The van der Waals surface area contributed by atoms with Gasteiger partial charge in [-0.05, 0) is 24.1 Å². The number of benzene rings is 1. The summed E-state index contributed by atoms with van der Waals surface area (Å²) in [5.41, 5.74) is 2.33. The first kappa shape index (κ1) is 15.2. The van der Waals surface area contributed by atoms with Crippen molar-refractivity contribution in [2.45, 2.75) is 25.9 Å². The molecule has 1 unspecified atom stereocenters. The van der Waals surface area contributed by atoms with E-state index in [9.17, 15) is 4.79 Å². The highest BCUT2D eigenvalue weighted by Gasteiger charge is 2.25. The minimum Gasteiger partial charge on any atom is -0.496 e. The van der Waals surface area contributed by atoms with Crippen LogP contribution in [0.25, 0.3) is 0 Å². The molecule has 1 aromatic carbocycles. The molecule has 5 heteroatoms. The van der Waals surface area contributed by atoms with Crippen LogP contribution in [0.1, 0.15) is 17.5 Å². The molecule has 1 saturated heterocycles. The number of carboxylic acid groups (broad SMARTS) is 1. The first-order valence-electron chi connectivity index (χ1n) is 6.77. The van der Waals surface area contributed by atoms with Gasteiger partial charge in [-0.3, -0.25) is 9.69 Å². The van der Waals surface area contributed by atoms with Crippen molar-refractivity contribution in [2.24, 2.45) is 0 Å². The van der Waals surface area contributed by atoms with Gasteiger partial charge in [0.15, 0.2) is 0 Å². The maximum atomic E-state index is 11.0. The number of thioether (sulfide) groups is 1. The molecule has 1 fully saturated rings. The Labute approximate surface area is 124 Å². The highest BCUT2D eigenvalue weighted by molar-refractivity contribution is 7.99. The quantitative estimate of drug-likeness (QED) is 0.904. The van der Waals surface area contributed by atoms with Crippen molar-refractivity contribution < 1.29 is 14.6 Å². The van der Waals surface area contributed by atoms with Gasteiger partial charge in [0.25, 0.3) is 0 Å². The third-order valence-electron chi connectivity index (χ3n) is 3.60. The number of rotatable bonds is 5. The van der Waals surface area contributed by atoms with Crippen LogP contribution in [-0.2, 0) is 11.3 Å². The van der Waals surface area contributed by atoms with E-state index in [1.165, 1.54) is 5.56 Å². The van der Waals surface area contributed by atoms with Gasteiger partial charge >= 0.3 is 5.97 Å². The first-order chi connectivity index (χ1) is 9.60. The van der Waals surface area contributed by atoms with Crippen molar-refractivity contribution in [3.63, 3.8) is 0 Å². The van der Waals surface area contributed by atoms with Crippen LogP contribution in [0.15, 0.2) is 18.2 Å². The van der Waals surface area contributed by atoms with E-state index in [2.05, 4.69) is 17.0 Å². The smallest absolute Gasteiger partial charge is 0.304 e. The lowest BCUT2D eigenvalue weighted by Crippen LogP contribution is -2.42. The monoisotopic (exact) mass is 295 g/mol. The van der Waals surface area contributed by atoms with E-state index in [0.29, 0.717) is 0 Å². The first-order valence-corrected chi connectivity index (χ1v) is 7.92. The zero-order chi connectivity index (χ0) is 14.5. The molecule has 1 N–H and O–H groups in total. The Hall–Kier alpha value is -1.20. The van der Waals surface area contributed by atoms with Gasteiger partial charge in [-0.1, -0.05) is 12.1 Å². The van der Waals surface area contributed by atoms with Crippen molar-refractivity contribution in [1.29, 1.82) is 0 Å². The van der Waals surface area contributed by atoms with E-state index in [0.717, 1.165) is 35.9 Å². The summed E-state index contributed by atoms with van der Waals surface area (Å²) < 4.78 is 5.27. The second-order valence-electron chi connectivity index (χ2n) is 5.10. The summed E-state index contributed by atoms with van der Waals surface area (Å²) in [6.07, 6.45) is 0.224. The lowest BCUT2D eigenvalue weighted by molar-refractivity contribution is -0.138. The van der Waals surface area contributed by atoms with E-state index in [1.807, 2.05) is 24.8 Å². The molecular weight excluding hydrogens is 274 g/mol. The predicted octanol–water partition coefficient (Wildman–Crippen LogP) is 2.40. The van der Waals surface area contributed by atoms with E-state index in [1.54, 1.807) is 7.11 Å². The molecule has 0 radical (unpaired) electrons. The zero-order valence-corrected chi connectivity index (χ0v) is 12.8. The molecular formula is C15H21NO3S. The number of hydrogen-bond donors (Lipinski definition) is 1. The van der Waals surface area contributed by atoms with Crippen LogP contribution >= 0.6 is 11.8 Å². The Bertz CT molecular complexity index is 478. The van der Waals surface area contributed by atoms with Crippen LogP contribution in [0.2, 0.25) is 0 Å². The normalized spacial score (nSPS) is 19.8. The number of aliphatic carboxylic acids is 1. The second kappa shape index (κ2) is 6.99. The van der Waals surface area contributed by atoms with Crippen LogP contribution in [0, 0.1) is 6.92 Å². The molecule has 4 nitrogen and oxygen atoms in total. The molecule has 0 amide bonds. The number of nitrogens with zero attached hydrogens (tertiary/aromatic N) is 1. The molecule has 2 rings (SSSR count). The summed E-state index contributed by atoms with van der Waals surface area (Å²) >= 11 is 1.84. The van der Waals surface area contributed by atoms with Gasteiger partial charge in [0.05, 0.1) is 13.5 Å². The number of carboxylic acids is 1. The molecule has 1 aliphatic rings. The van der Waals surface area contributed by atoms with E-state index >= 15 is 0 Å². The van der Waals surface area contributed by atoms with Crippen LogP contribution in [0.5, 0.6) is 5.75 Å². The lowest BCUT2D eigenvalue weighted by Gasteiger charge is -2.34. The van der Waals surface area contributed by atoms with Crippen molar-refractivity contribution >= 4 is 17.7 Å². The number of ether oxygens (including phenoxy) is 1. The molecule has 0 bridgehead atoms. The molecule has 1 aromatic rings. The van der Waals surface area contributed by atoms with Gasteiger partial charge in [-0.15, -0.1) is 0 Å². The Morgan fingerprint density at radius 2 is 2.35 bits per heavy atom. The summed E-state index contributed by atoms with van der Waals surface area (Å²) in [4.78, 5) is 13.2. The van der Waals surface area contributed by atoms with Crippen LogP contribution in [0.4, 0.5) is 0 Å². The maximum absolute atomic E-state index is 11.0. The lowest BCUT2D eigenvalue weighted by atomic mass is 10.1. The third-order valence-corrected chi connectivity index (χ3v) is 4.70. The van der Waals surface area contributed by atoms with Crippen LogP contribution in [-0.4, -0.2) is 47.2 Å². The van der Waals surface area contributed by atoms with Gasteiger partial charge in [0.1, 0.15) is 5.75 Å². The maximum Gasteiger partial charge on any atom is 0.304 e. The third kappa shape index (κ3) is 3.90. The molecule has 0 aromatic heterocycles. The van der Waals surface area contributed by atoms with Gasteiger partial charge in [0, 0.05) is 30.6 Å². The predicted molar refractivity (Wildman–Crippen MR) is 81.5 cm³/mol. The fourth-order valence-corrected chi connectivity index (χ4v) is 3.69. The fraction of sp³-hybridized carbons (Fsp3) is 0.533. The molecule has 1 aliphatic heterocycles. The van der Waals surface area contributed by atoms with Gasteiger partial charge in [-0.25, -0.2) is 0 Å². The number of carbonyl (C=O) groups is 1. The second-order valence-corrected chi connectivity index (χ2v) is 6.25. The number of hydrogen-bond acceptors (Lipinski definition) is 4. The van der Waals surface area contributed by atoms with Crippen molar-refractivity contribution in [1.82, 2.24) is 4.90 Å². The van der Waals surface area contributed by atoms with Crippen molar-refractivity contribution in [3.8, 4) is 5.75 Å². The summed E-state index contributed by atoms with van der Waals surface area (Å²) in [5.74, 6) is 2.16. The molecule has 110 valence electrons. The summed E-state index contributed by atoms with van der Waals surface area (Å²) in [6.45, 7) is 3.79. The zero-order valence-electron chi connectivity index (χ0n) is 12.0. The minimum atomic E-state index is -0.714. The van der Waals surface area contributed by atoms with Gasteiger partial charge in [-0.2, -0.15) is 11.8 Å². The van der Waals surface area contributed by atoms with Crippen LogP contribution in [0.3, 0.4) is 0 Å². The Morgan fingerprint density at radius 3 is 3.00 bits per heavy atom. The fourth-order valence-electron chi connectivity index (χ4n) is 2.56. The Morgan fingerprint density at radius 1 is 1.55 bits per heavy atom. The Kier molecular flexibility index (Phi) is 5.31. The standard InChI is InChI=1S/C15H21NO3S/c1-11-7-12(3-4-14(11)19-2)9-16-5-6-20-10-13(16)8-15(17)18/h3-4,7,13H,5-6,8-10H2,1-2H3,(H,17,18). The SMILES string of the molecule is COc1ccc(CN2CCSCC2CC(=O)O)cc1C. The highest BCUT2D eigenvalue weighted by atomic mass is 32.2. The van der Waals surface area contributed by atoms with E-state index in [-0.39, 0.29) is 12.5 Å². The van der Waals surface area contributed by atoms with E-state index in [4.69, 9.17) is 9.84 Å². The van der Waals surface area contributed by atoms with Gasteiger partial charge < -0.3 is 9.84 Å². The Balaban J connectivity index is 2.06. The highest BCUT2D eigenvalue weighted by Crippen LogP contribution is 2.24. The van der Waals surface area contributed by atoms with Gasteiger partial charge in [0.2, 0.25) is 0 Å². The molecule has 20 heavy (non-hydrogen) atoms. The summed E-state index contributed by atoms with van der Waals surface area (Å²) in [5, 5.41) is 9.01. The minimum absolute atomic E-state index is 0.133. The van der Waals surface area contributed by atoms with E-state index < -0.39 is 5.97 Å². The number of methoxy groups -OCH3 is 1. The molecule has 1 atom stereocenters. The average Bonchev–Trinajstić information content (AvgIpc) is 2.41. The average molecular weight is 295 g/mol. The molecule has 1 heterocycles. The van der Waals surface area contributed by atoms with Crippen molar-refractivity contribution in [2.75, 3.05) is 25.2 Å². The van der Waals surface area contributed by atoms with Crippen LogP contribution < -0.4 is 4.74 Å². The number of aryl methyl sites for hydroxylation is 1. The summed E-state index contributed by atoms with van der Waals surface area (Å²) in [7, 11) is 1.67. The molecule has 0 spiro atoms. The molecule has 0 aliphatic carbocycles. The largest absolute Gasteiger partial charge is 0.496 e. The topological polar surface area (TPSA) is 49.8 Å². The van der Waals surface area contributed by atoms with Crippen molar-refractivity contribution in [3.05, 3.63) is 29.3 Å². The molecule has 0 saturated carbocycles.